The molecule has 2 N–H and O–H groups in total. The second-order valence-electron chi connectivity index (χ2n) is 4.98. The Morgan fingerprint density at radius 1 is 1.17 bits per heavy atom. The first-order valence-electron chi connectivity index (χ1n) is 6.62. The minimum Gasteiger partial charge on any atom is -0.382 e. The van der Waals surface area contributed by atoms with E-state index in [2.05, 4.69) is 10.1 Å². The summed E-state index contributed by atoms with van der Waals surface area (Å²) in [7, 11) is 0. The van der Waals surface area contributed by atoms with Gasteiger partial charge in [0.05, 0.1) is 5.39 Å². The van der Waals surface area contributed by atoms with Crippen LogP contribution < -0.4 is 5.73 Å². The zero-order chi connectivity index (χ0) is 16.8. The summed E-state index contributed by atoms with van der Waals surface area (Å²) in [5.74, 6) is -0.639. The summed E-state index contributed by atoms with van der Waals surface area (Å²) in [6, 6.07) is 8.66. The molecule has 0 saturated heterocycles. The lowest BCUT2D eigenvalue weighted by atomic mass is 10.1. The lowest BCUT2D eigenvalue weighted by Crippen LogP contribution is -2.16. The molecule has 0 saturated carbocycles. The molecule has 0 aliphatic heterocycles. The van der Waals surface area contributed by atoms with Crippen molar-refractivity contribution in [3.63, 3.8) is 0 Å². The van der Waals surface area contributed by atoms with E-state index in [-0.39, 0.29) is 16.9 Å². The fourth-order valence-corrected chi connectivity index (χ4v) is 2.25. The first-order valence-corrected chi connectivity index (χ1v) is 6.62. The van der Waals surface area contributed by atoms with Crippen LogP contribution in [-0.4, -0.2) is 20.7 Å². The summed E-state index contributed by atoms with van der Waals surface area (Å²) in [6.07, 6.45) is -4.62. The molecule has 118 valence electrons. The van der Waals surface area contributed by atoms with Gasteiger partial charge in [-0.1, -0.05) is 18.2 Å². The molecular formula is C15H11F3N4O. The molecule has 0 aliphatic rings. The first kappa shape index (κ1) is 15.0. The molecule has 0 bridgehead atoms. The third kappa shape index (κ3) is 2.52. The molecule has 2 aromatic heterocycles. The summed E-state index contributed by atoms with van der Waals surface area (Å²) in [4.78, 5) is 16.1. The van der Waals surface area contributed by atoms with Gasteiger partial charge in [-0.15, -0.1) is 5.10 Å². The highest BCUT2D eigenvalue weighted by Gasteiger charge is 2.33. The van der Waals surface area contributed by atoms with E-state index in [1.165, 1.54) is 0 Å². The summed E-state index contributed by atoms with van der Waals surface area (Å²) >= 11 is 0. The van der Waals surface area contributed by atoms with Gasteiger partial charge in [0.1, 0.15) is 5.69 Å². The second-order valence-corrected chi connectivity index (χ2v) is 4.98. The van der Waals surface area contributed by atoms with Crippen LogP contribution in [-0.2, 0) is 6.18 Å². The highest BCUT2D eigenvalue weighted by Crippen LogP contribution is 2.30. The number of carbonyl (C=O) groups is 1. The minimum absolute atomic E-state index is 0.0526. The Labute approximate surface area is 128 Å². The van der Waals surface area contributed by atoms with Gasteiger partial charge in [0.2, 0.25) is 0 Å². The number of nitrogens with zero attached hydrogens (tertiary/aromatic N) is 3. The Kier molecular flexibility index (Phi) is 3.32. The molecule has 3 aromatic rings. The van der Waals surface area contributed by atoms with E-state index in [9.17, 15) is 18.0 Å². The number of nitrogen functional groups attached to an aromatic ring is 1. The molecule has 0 unspecified atom stereocenters. The standard InChI is InChI=1S/C15H11F3N4O/c1-8-4-2-3-5-9(8)14(23)22-13-10(12(19)21-22)6-7-11(20-13)15(16,17)18/h2-7H,1H3,(H2,19,21). The lowest BCUT2D eigenvalue weighted by Gasteiger charge is -2.07. The van der Waals surface area contributed by atoms with Crippen LogP contribution in [0.1, 0.15) is 21.6 Å². The van der Waals surface area contributed by atoms with Crippen LogP contribution in [0.25, 0.3) is 11.0 Å². The SMILES string of the molecule is Cc1ccccc1C(=O)n1nc(N)c2ccc(C(F)(F)F)nc21. The van der Waals surface area contributed by atoms with E-state index in [1.807, 2.05) is 0 Å². The van der Waals surface area contributed by atoms with E-state index in [4.69, 9.17) is 5.73 Å². The van der Waals surface area contributed by atoms with Crippen molar-refractivity contribution < 1.29 is 18.0 Å². The number of nitrogens with two attached hydrogens (primary N) is 1. The molecule has 2 heterocycles. The monoisotopic (exact) mass is 320 g/mol. The quantitative estimate of drug-likeness (QED) is 0.748. The number of halogens is 3. The predicted octanol–water partition coefficient (Wildman–Crippen LogP) is 3.03. The zero-order valence-corrected chi connectivity index (χ0v) is 11.9. The topological polar surface area (TPSA) is 73.8 Å². The predicted molar refractivity (Wildman–Crippen MR) is 77.8 cm³/mol. The summed E-state index contributed by atoms with van der Waals surface area (Å²) in [5, 5.41) is 4.04. The molecule has 8 heteroatoms. The van der Waals surface area contributed by atoms with Gasteiger partial charge < -0.3 is 5.73 Å². The number of pyridine rings is 1. The van der Waals surface area contributed by atoms with Crippen molar-refractivity contribution in [1.82, 2.24) is 14.8 Å². The van der Waals surface area contributed by atoms with Crippen LogP contribution in [0.4, 0.5) is 19.0 Å². The number of aryl methyl sites for hydroxylation is 1. The van der Waals surface area contributed by atoms with Gasteiger partial charge in [-0.2, -0.15) is 17.9 Å². The van der Waals surface area contributed by atoms with Crippen molar-refractivity contribution in [1.29, 1.82) is 0 Å². The maximum absolute atomic E-state index is 12.8. The van der Waals surface area contributed by atoms with Gasteiger partial charge in [0, 0.05) is 5.56 Å². The number of aromatic nitrogens is 3. The molecule has 23 heavy (non-hydrogen) atoms. The molecule has 5 nitrogen and oxygen atoms in total. The molecule has 0 radical (unpaired) electrons. The van der Waals surface area contributed by atoms with E-state index < -0.39 is 17.8 Å². The third-order valence-electron chi connectivity index (χ3n) is 3.42. The fraction of sp³-hybridized carbons (Fsp3) is 0.133. The molecule has 0 fully saturated rings. The van der Waals surface area contributed by atoms with Gasteiger partial charge in [0.25, 0.3) is 5.91 Å². The highest BCUT2D eigenvalue weighted by molar-refractivity contribution is 6.03. The Morgan fingerprint density at radius 2 is 1.87 bits per heavy atom. The smallest absolute Gasteiger partial charge is 0.382 e. The Balaban J connectivity index is 2.21. The third-order valence-corrected chi connectivity index (χ3v) is 3.42. The summed E-state index contributed by atoms with van der Waals surface area (Å²) < 4.78 is 39.3. The zero-order valence-electron chi connectivity index (χ0n) is 11.9. The van der Waals surface area contributed by atoms with Crippen LogP contribution in [0.2, 0.25) is 0 Å². The average Bonchev–Trinajstić information content (AvgIpc) is 2.83. The van der Waals surface area contributed by atoms with Crippen molar-refractivity contribution in [3.05, 3.63) is 53.2 Å². The first-order chi connectivity index (χ1) is 10.8. The Morgan fingerprint density at radius 3 is 2.52 bits per heavy atom. The van der Waals surface area contributed by atoms with Gasteiger partial charge >= 0.3 is 6.18 Å². The maximum atomic E-state index is 12.8. The minimum atomic E-state index is -4.62. The van der Waals surface area contributed by atoms with Gasteiger partial charge in [0.15, 0.2) is 11.5 Å². The molecular weight excluding hydrogens is 309 g/mol. The summed E-state index contributed by atoms with van der Waals surface area (Å²) in [5.41, 5.74) is 5.35. The molecule has 0 aliphatic carbocycles. The number of carbonyl (C=O) groups excluding carboxylic acids is 1. The largest absolute Gasteiger partial charge is 0.433 e. The van der Waals surface area contributed by atoms with Crippen molar-refractivity contribution >= 4 is 22.8 Å². The van der Waals surface area contributed by atoms with Gasteiger partial charge in [-0.3, -0.25) is 4.79 Å². The van der Waals surface area contributed by atoms with Crippen molar-refractivity contribution in [2.45, 2.75) is 13.1 Å². The maximum Gasteiger partial charge on any atom is 0.433 e. The van der Waals surface area contributed by atoms with Crippen LogP contribution in [0.5, 0.6) is 0 Å². The van der Waals surface area contributed by atoms with Crippen LogP contribution in [0.15, 0.2) is 36.4 Å². The fourth-order valence-electron chi connectivity index (χ4n) is 2.25. The molecule has 0 spiro atoms. The molecule has 0 atom stereocenters. The number of fused-ring (bicyclic) bond motifs is 1. The van der Waals surface area contributed by atoms with Crippen molar-refractivity contribution in [3.8, 4) is 0 Å². The number of hydrogen-bond donors (Lipinski definition) is 1. The number of rotatable bonds is 1. The Hall–Kier alpha value is -2.90. The van der Waals surface area contributed by atoms with E-state index in [0.717, 1.165) is 16.8 Å². The molecule has 1 aromatic carbocycles. The molecule has 3 rings (SSSR count). The van der Waals surface area contributed by atoms with Crippen molar-refractivity contribution in [2.24, 2.45) is 0 Å². The average molecular weight is 320 g/mol. The van der Waals surface area contributed by atoms with Gasteiger partial charge in [-0.05, 0) is 30.7 Å². The highest BCUT2D eigenvalue weighted by atomic mass is 19.4. The normalized spacial score (nSPS) is 11.8. The van der Waals surface area contributed by atoms with Crippen LogP contribution in [0, 0.1) is 6.92 Å². The van der Waals surface area contributed by atoms with Crippen LogP contribution in [0.3, 0.4) is 0 Å². The number of anilines is 1. The second kappa shape index (κ2) is 5.08. The van der Waals surface area contributed by atoms with Crippen molar-refractivity contribution in [2.75, 3.05) is 5.73 Å². The Bertz CT molecular complexity index is 915. The van der Waals surface area contributed by atoms with E-state index in [0.29, 0.717) is 11.1 Å². The lowest BCUT2D eigenvalue weighted by molar-refractivity contribution is -0.141. The number of hydrogen-bond acceptors (Lipinski definition) is 4. The van der Waals surface area contributed by atoms with Gasteiger partial charge in [-0.25, -0.2) is 4.98 Å². The van der Waals surface area contributed by atoms with E-state index >= 15 is 0 Å². The van der Waals surface area contributed by atoms with Crippen LogP contribution >= 0.6 is 0 Å². The van der Waals surface area contributed by atoms with E-state index in [1.54, 1.807) is 31.2 Å². The number of alkyl halides is 3. The molecule has 0 amide bonds. The number of benzene rings is 1. The summed E-state index contributed by atoms with van der Waals surface area (Å²) in [6.45, 7) is 1.72.